The Labute approximate surface area is 69.4 Å². The first-order valence-electron chi connectivity index (χ1n) is 3.65. The fraction of sp³-hybridized carbons (Fsp3) is 1.00. The lowest BCUT2D eigenvalue weighted by Crippen LogP contribution is -2.53. The Morgan fingerprint density at radius 1 is 1.40 bits per heavy atom. The largest absolute Gasteiger partial charge is 0.311 e. The Balaban J connectivity index is 0.000000810. The predicted molar refractivity (Wildman–Crippen MR) is 46.8 cm³/mol. The van der Waals surface area contributed by atoms with Crippen molar-refractivity contribution in [3.05, 3.63) is 0 Å². The lowest BCUT2D eigenvalue weighted by molar-refractivity contribution is 0.172. The summed E-state index contributed by atoms with van der Waals surface area (Å²) in [5.41, 5.74) is 0. The summed E-state index contributed by atoms with van der Waals surface area (Å²) in [6, 6.07) is 1.35. The molecule has 0 aromatic carbocycles. The van der Waals surface area contributed by atoms with Crippen LogP contribution in [0, 0.1) is 0 Å². The molecule has 2 nitrogen and oxygen atoms in total. The van der Waals surface area contributed by atoms with Crippen molar-refractivity contribution < 1.29 is 0 Å². The Kier molecular flexibility index (Phi) is 4.25. The Morgan fingerprint density at radius 3 is 2.40 bits per heavy atom. The molecule has 0 amide bonds. The zero-order chi connectivity index (χ0) is 6.85. The summed E-state index contributed by atoms with van der Waals surface area (Å²) in [5, 5.41) is 3.42. The van der Waals surface area contributed by atoms with Crippen LogP contribution in [-0.4, -0.2) is 37.1 Å². The van der Waals surface area contributed by atoms with Gasteiger partial charge in [0.25, 0.3) is 0 Å². The second-order valence-corrected chi connectivity index (χ2v) is 2.96. The molecule has 2 atom stereocenters. The van der Waals surface area contributed by atoms with Gasteiger partial charge in [-0.2, -0.15) is 0 Å². The van der Waals surface area contributed by atoms with E-state index in [1.54, 1.807) is 0 Å². The van der Waals surface area contributed by atoms with Crippen LogP contribution in [0.25, 0.3) is 0 Å². The number of likely N-dealkylation sites (N-methyl/N-ethyl adjacent to an activating group) is 1. The fourth-order valence-corrected chi connectivity index (χ4v) is 1.22. The molecule has 1 aliphatic rings. The average molecular weight is 165 g/mol. The van der Waals surface area contributed by atoms with Gasteiger partial charge in [0.1, 0.15) is 0 Å². The molecule has 1 rings (SSSR count). The number of nitrogens with zero attached hydrogens (tertiary/aromatic N) is 1. The lowest BCUT2D eigenvalue weighted by atomic mass is 10.1. The molecule has 1 saturated heterocycles. The van der Waals surface area contributed by atoms with Crippen molar-refractivity contribution in [3.8, 4) is 0 Å². The highest BCUT2D eigenvalue weighted by molar-refractivity contribution is 5.85. The molecule has 0 bridgehead atoms. The molecule has 3 heteroatoms. The quantitative estimate of drug-likeness (QED) is 0.568. The molecule has 1 N–H and O–H groups in total. The third-order valence-electron chi connectivity index (χ3n) is 2.35. The number of nitrogens with one attached hydrogen (secondary N) is 1. The first-order chi connectivity index (χ1) is 4.22. The molecule has 0 saturated carbocycles. The summed E-state index contributed by atoms with van der Waals surface area (Å²) >= 11 is 0. The summed E-state index contributed by atoms with van der Waals surface area (Å²) in [4.78, 5) is 2.39. The summed E-state index contributed by atoms with van der Waals surface area (Å²) in [7, 11) is 2.18. The van der Waals surface area contributed by atoms with Crippen LogP contribution >= 0.6 is 12.4 Å². The van der Waals surface area contributed by atoms with Crippen molar-refractivity contribution in [2.24, 2.45) is 0 Å². The minimum Gasteiger partial charge on any atom is -0.311 e. The summed E-state index contributed by atoms with van der Waals surface area (Å²) in [6.07, 6.45) is 0. The van der Waals surface area contributed by atoms with Gasteiger partial charge in [-0.3, -0.25) is 0 Å². The molecule has 10 heavy (non-hydrogen) atoms. The monoisotopic (exact) mass is 164 g/mol. The highest BCUT2D eigenvalue weighted by Crippen LogP contribution is 2.04. The standard InChI is InChI=1S/C7H16N2.ClH/c1-6-7(2)9(3)5-4-8-6;/h6-8H,4-5H2,1-3H3;1H/t6-,7-;/m1./s1. The average Bonchev–Trinajstić information content (AvgIpc) is 1.83. The van der Waals surface area contributed by atoms with E-state index < -0.39 is 0 Å². The van der Waals surface area contributed by atoms with Crippen LogP contribution < -0.4 is 5.32 Å². The van der Waals surface area contributed by atoms with E-state index in [1.165, 1.54) is 6.54 Å². The first-order valence-corrected chi connectivity index (χ1v) is 3.65. The third-order valence-corrected chi connectivity index (χ3v) is 2.35. The normalized spacial score (nSPS) is 35.1. The van der Waals surface area contributed by atoms with Gasteiger partial charge in [0.05, 0.1) is 0 Å². The Morgan fingerprint density at radius 2 is 2.00 bits per heavy atom. The molecule has 62 valence electrons. The van der Waals surface area contributed by atoms with E-state index in [1.807, 2.05) is 0 Å². The molecule has 0 radical (unpaired) electrons. The Hall–Kier alpha value is 0.210. The molecule has 0 spiro atoms. The van der Waals surface area contributed by atoms with E-state index in [9.17, 15) is 0 Å². The van der Waals surface area contributed by atoms with Crippen molar-refractivity contribution in [1.82, 2.24) is 10.2 Å². The van der Waals surface area contributed by atoms with Crippen molar-refractivity contribution in [2.45, 2.75) is 25.9 Å². The van der Waals surface area contributed by atoms with Crippen LogP contribution in [0.1, 0.15) is 13.8 Å². The predicted octanol–water partition coefficient (Wildman–Crippen LogP) is 0.720. The van der Waals surface area contributed by atoms with Gasteiger partial charge in [-0.25, -0.2) is 0 Å². The van der Waals surface area contributed by atoms with Gasteiger partial charge >= 0.3 is 0 Å². The number of halogens is 1. The fourth-order valence-electron chi connectivity index (χ4n) is 1.22. The molecule has 1 heterocycles. The van der Waals surface area contributed by atoms with Gasteiger partial charge < -0.3 is 10.2 Å². The number of hydrogen-bond acceptors (Lipinski definition) is 2. The van der Waals surface area contributed by atoms with Crippen molar-refractivity contribution in [1.29, 1.82) is 0 Å². The summed E-state index contributed by atoms with van der Waals surface area (Å²) in [6.45, 7) is 6.82. The van der Waals surface area contributed by atoms with E-state index >= 15 is 0 Å². The molecule has 0 aromatic rings. The van der Waals surface area contributed by atoms with Crippen molar-refractivity contribution >= 4 is 12.4 Å². The van der Waals surface area contributed by atoms with Crippen LogP contribution in [0.15, 0.2) is 0 Å². The minimum absolute atomic E-state index is 0. The van der Waals surface area contributed by atoms with Gasteiger partial charge in [0.2, 0.25) is 0 Å². The molecule has 0 aromatic heterocycles. The number of rotatable bonds is 0. The molecule has 1 fully saturated rings. The van der Waals surface area contributed by atoms with Crippen molar-refractivity contribution in [2.75, 3.05) is 20.1 Å². The van der Waals surface area contributed by atoms with Crippen LogP contribution in [-0.2, 0) is 0 Å². The van der Waals surface area contributed by atoms with E-state index in [-0.39, 0.29) is 12.4 Å². The van der Waals surface area contributed by atoms with E-state index in [0.29, 0.717) is 12.1 Å². The van der Waals surface area contributed by atoms with E-state index in [0.717, 1.165) is 6.54 Å². The van der Waals surface area contributed by atoms with Gasteiger partial charge in [-0.15, -0.1) is 12.4 Å². The minimum atomic E-state index is 0. The number of hydrogen-bond donors (Lipinski definition) is 1. The lowest BCUT2D eigenvalue weighted by Gasteiger charge is -2.35. The first kappa shape index (κ1) is 10.2. The van der Waals surface area contributed by atoms with E-state index in [2.05, 4.69) is 31.1 Å². The van der Waals surface area contributed by atoms with Gasteiger partial charge in [-0.05, 0) is 20.9 Å². The smallest absolute Gasteiger partial charge is 0.0215 e. The molecular weight excluding hydrogens is 148 g/mol. The third kappa shape index (κ3) is 2.11. The molecular formula is C7H17ClN2. The second kappa shape index (κ2) is 4.16. The van der Waals surface area contributed by atoms with Crippen LogP contribution in [0.3, 0.4) is 0 Å². The maximum Gasteiger partial charge on any atom is 0.0215 e. The van der Waals surface area contributed by atoms with Gasteiger partial charge in [0, 0.05) is 25.2 Å². The molecule has 0 aliphatic carbocycles. The maximum absolute atomic E-state index is 3.42. The highest BCUT2D eigenvalue weighted by Gasteiger charge is 2.19. The maximum atomic E-state index is 3.42. The van der Waals surface area contributed by atoms with Gasteiger partial charge in [-0.1, -0.05) is 0 Å². The van der Waals surface area contributed by atoms with Crippen LogP contribution in [0.2, 0.25) is 0 Å². The van der Waals surface area contributed by atoms with Crippen LogP contribution in [0.5, 0.6) is 0 Å². The second-order valence-electron chi connectivity index (χ2n) is 2.96. The SMILES string of the molecule is C[C@@H]1[C@@H](C)NCCN1C.Cl. The zero-order valence-corrected chi connectivity index (χ0v) is 7.74. The van der Waals surface area contributed by atoms with Crippen molar-refractivity contribution in [3.63, 3.8) is 0 Å². The van der Waals surface area contributed by atoms with Crippen LogP contribution in [0.4, 0.5) is 0 Å². The molecule has 0 unspecified atom stereocenters. The summed E-state index contributed by atoms with van der Waals surface area (Å²) in [5.74, 6) is 0. The highest BCUT2D eigenvalue weighted by atomic mass is 35.5. The number of piperazine rings is 1. The summed E-state index contributed by atoms with van der Waals surface area (Å²) < 4.78 is 0. The van der Waals surface area contributed by atoms with E-state index in [4.69, 9.17) is 0 Å². The zero-order valence-electron chi connectivity index (χ0n) is 6.92. The topological polar surface area (TPSA) is 15.3 Å². The van der Waals surface area contributed by atoms with Gasteiger partial charge in [0.15, 0.2) is 0 Å². The molecule has 1 aliphatic heterocycles. The Bertz CT molecular complexity index is 87.6.